The number of carbonyl (C=O) groups is 5. The Morgan fingerprint density at radius 2 is 1.43 bits per heavy atom. The van der Waals surface area contributed by atoms with E-state index in [1.165, 1.54) is 147 Å². The number of benzene rings is 2. The average Bonchev–Trinajstić information content (AvgIpc) is 3.96. The number of allylic oxidation sites excluding steroid dienone is 7. The summed E-state index contributed by atoms with van der Waals surface area (Å²) in [4.78, 5) is 62.6. The number of imide groups is 2. The van der Waals surface area contributed by atoms with Crippen LogP contribution in [0.3, 0.4) is 0 Å². The van der Waals surface area contributed by atoms with Crippen LogP contribution in [0.5, 0.6) is 0 Å². The first kappa shape index (κ1) is 76.1. The van der Waals surface area contributed by atoms with E-state index in [0.29, 0.717) is 11.1 Å². The molecule has 0 aromatic heterocycles. The van der Waals surface area contributed by atoms with Gasteiger partial charge in [-0.05, 0) is 170 Å². The van der Waals surface area contributed by atoms with Crippen LogP contribution >= 0.6 is 0 Å². The maximum Gasteiger partial charge on any atom is 0.262 e. The van der Waals surface area contributed by atoms with Crippen molar-refractivity contribution >= 4 is 36.0 Å². The summed E-state index contributed by atoms with van der Waals surface area (Å²) < 4.78 is 0. The standard InChI is InChI=1S/C25H47N3.C16H19N.C14H12N2O4.C11H24.C3H8.C2H4O/c1-6-10-25(12-11-24(26)9-4)28-20-15-23(16-21-28)14-19-27(17-7-2)18-13-22(5)8-3;1-4-5-6-7-8-9-16-13(2)10-11-15(12-17)14(16)3;1-7-2-3-8-9(6-7)14(20)16(13(8)19)10-4-5-11(17)15-12(10)18;1-4-6-8-10-11(3)9-7-5-2;1-3-2;1-2-3/h9-12,22-23H,6-8,13-21,26H2,1-5H3;6-11H,4-5H2,1-3H3;2-3,6,10H,4-5H2,1H3,(H,15,17,18);11H,4-10H2,1-3H3;3H2,1-2H3;2H,1H3/b12-11-,24-9+,25-10+;7-6-,9-8-;;;;. The molecule has 5 rings (SSSR count). The van der Waals surface area contributed by atoms with E-state index in [1.807, 2.05) is 51.1 Å². The number of hydrogen-bond donors (Lipinski definition) is 2. The van der Waals surface area contributed by atoms with Crippen LogP contribution < -0.4 is 11.1 Å². The number of unbranched alkanes of at least 4 members (excludes halogenated alkanes) is 4. The van der Waals surface area contributed by atoms with E-state index in [0.717, 1.165) is 69.7 Å². The number of aryl methyl sites for hydroxylation is 2. The number of likely N-dealkylation sites (tertiary alicyclic amines) is 1. The van der Waals surface area contributed by atoms with Gasteiger partial charge >= 0.3 is 0 Å². The van der Waals surface area contributed by atoms with E-state index >= 15 is 0 Å². The zero-order valence-corrected chi connectivity index (χ0v) is 54.3. The van der Waals surface area contributed by atoms with Crippen LogP contribution in [-0.4, -0.2) is 83.4 Å². The number of nitriles is 1. The highest BCUT2D eigenvalue weighted by Gasteiger charge is 2.44. The number of amides is 4. The second-order valence-corrected chi connectivity index (χ2v) is 22.4. The van der Waals surface area contributed by atoms with Crippen molar-refractivity contribution in [2.45, 2.75) is 232 Å². The second-order valence-electron chi connectivity index (χ2n) is 22.4. The third kappa shape index (κ3) is 30.4. The van der Waals surface area contributed by atoms with Crippen LogP contribution in [0.2, 0.25) is 0 Å². The quantitative estimate of drug-likeness (QED) is 0.0427. The van der Waals surface area contributed by atoms with Gasteiger partial charge in [-0.15, -0.1) is 0 Å². The SMILES string of the molecule is CC=O.CCC.CCC/C=C\C=C/c1c(C)ccc(C#N)c1C.CCCCCC(C)CCCC.C\C=C(N)/C=C\C(=C/CC)N1CCC(CCN(CCC)CCC(C)CC)CC1.Cc1ccc2c(c1)C(=O)N(C1CCC(=O)NC1=O)C2=O. The Morgan fingerprint density at radius 3 is 2.00 bits per heavy atom. The number of hydrogen-bond acceptors (Lipinski definition) is 9. The summed E-state index contributed by atoms with van der Waals surface area (Å²) in [7, 11) is 0. The lowest BCUT2D eigenvalue weighted by Gasteiger charge is -2.35. The molecule has 3 N–H and O–H groups in total. The van der Waals surface area contributed by atoms with Crippen molar-refractivity contribution in [3.63, 3.8) is 0 Å². The predicted octanol–water partition coefficient (Wildman–Crippen LogP) is 16.9. The highest BCUT2D eigenvalue weighted by Crippen LogP contribution is 2.29. The first-order valence-corrected chi connectivity index (χ1v) is 31.7. The molecule has 2 fully saturated rings. The maximum absolute atomic E-state index is 12.3. The summed E-state index contributed by atoms with van der Waals surface area (Å²) in [6.45, 7) is 38.1. The van der Waals surface area contributed by atoms with Crippen molar-refractivity contribution < 1.29 is 24.0 Å². The average molecular weight is 1130 g/mol. The van der Waals surface area contributed by atoms with Crippen LogP contribution in [0.15, 0.2) is 84.3 Å². The van der Waals surface area contributed by atoms with Gasteiger partial charge in [0.1, 0.15) is 12.3 Å². The van der Waals surface area contributed by atoms with Gasteiger partial charge in [-0.25, -0.2) is 0 Å². The van der Waals surface area contributed by atoms with Gasteiger partial charge in [-0.2, -0.15) is 5.26 Å². The molecule has 3 aliphatic rings. The van der Waals surface area contributed by atoms with Crippen molar-refractivity contribution in [1.82, 2.24) is 20.0 Å². The number of rotatable bonds is 25. The van der Waals surface area contributed by atoms with Crippen molar-refractivity contribution in [3.8, 4) is 6.07 Å². The lowest BCUT2D eigenvalue weighted by atomic mass is 9.92. The van der Waals surface area contributed by atoms with Crippen molar-refractivity contribution in [1.29, 1.82) is 5.26 Å². The largest absolute Gasteiger partial charge is 0.399 e. The molecule has 3 aliphatic heterocycles. The maximum atomic E-state index is 12.3. The Bertz CT molecular complexity index is 2350. The molecule has 2 aromatic carbocycles. The molecule has 2 saturated heterocycles. The summed E-state index contributed by atoms with van der Waals surface area (Å²) in [5, 5.41) is 11.1. The number of aldehydes is 1. The summed E-state index contributed by atoms with van der Waals surface area (Å²) in [6, 6.07) is 10.2. The van der Waals surface area contributed by atoms with E-state index in [4.69, 9.17) is 15.8 Å². The van der Waals surface area contributed by atoms with Crippen LogP contribution in [0.25, 0.3) is 6.08 Å². The highest BCUT2D eigenvalue weighted by atomic mass is 16.2. The number of nitrogens with zero attached hydrogens (tertiary/aromatic N) is 4. The number of nitrogens with one attached hydrogen (secondary N) is 1. The minimum atomic E-state index is -0.902. The fraction of sp³-hybridized carbons (Fsp3) is 0.606. The molecule has 0 radical (unpaired) electrons. The van der Waals surface area contributed by atoms with Gasteiger partial charge < -0.3 is 20.3 Å². The monoisotopic (exact) mass is 1130 g/mol. The van der Waals surface area contributed by atoms with E-state index in [1.54, 1.807) is 18.2 Å². The molecule has 4 amide bonds. The predicted molar refractivity (Wildman–Crippen MR) is 347 cm³/mol. The Morgan fingerprint density at radius 1 is 0.780 bits per heavy atom. The molecule has 458 valence electrons. The van der Waals surface area contributed by atoms with E-state index in [2.05, 4.69) is 128 Å². The van der Waals surface area contributed by atoms with Crippen LogP contribution in [0.4, 0.5) is 0 Å². The summed E-state index contributed by atoms with van der Waals surface area (Å²) in [5.41, 5.74) is 13.8. The fourth-order valence-corrected chi connectivity index (χ4v) is 9.65. The molecular formula is C71H114N6O5. The zero-order chi connectivity index (χ0) is 61.8. The molecule has 2 aromatic rings. The molecule has 0 bridgehead atoms. The smallest absolute Gasteiger partial charge is 0.262 e. The van der Waals surface area contributed by atoms with E-state index in [-0.39, 0.29) is 18.7 Å². The Labute approximate surface area is 500 Å². The summed E-state index contributed by atoms with van der Waals surface area (Å²) in [5.74, 6) is 0.804. The molecule has 3 atom stereocenters. The lowest BCUT2D eigenvalue weighted by molar-refractivity contribution is -0.136. The van der Waals surface area contributed by atoms with Gasteiger partial charge in [0, 0.05) is 30.9 Å². The van der Waals surface area contributed by atoms with Gasteiger partial charge in [0.25, 0.3) is 11.8 Å². The summed E-state index contributed by atoms with van der Waals surface area (Å²) in [6.07, 6.45) is 40.4. The number of carbonyl (C=O) groups excluding carboxylic acids is 5. The van der Waals surface area contributed by atoms with Gasteiger partial charge in [0.2, 0.25) is 11.8 Å². The van der Waals surface area contributed by atoms with E-state index in [9.17, 15) is 19.2 Å². The molecule has 82 heavy (non-hydrogen) atoms. The minimum Gasteiger partial charge on any atom is -0.399 e. The lowest BCUT2D eigenvalue weighted by Crippen LogP contribution is -2.54. The van der Waals surface area contributed by atoms with Crippen molar-refractivity contribution in [3.05, 3.63) is 123 Å². The third-order valence-corrected chi connectivity index (χ3v) is 15.0. The minimum absolute atomic E-state index is 0.128. The van der Waals surface area contributed by atoms with E-state index < -0.39 is 23.8 Å². The molecule has 0 saturated carbocycles. The normalized spacial score (nSPS) is 16.2. The third-order valence-electron chi connectivity index (χ3n) is 15.0. The molecule has 11 nitrogen and oxygen atoms in total. The van der Waals surface area contributed by atoms with Gasteiger partial charge in [-0.1, -0.05) is 188 Å². The van der Waals surface area contributed by atoms with Crippen LogP contribution in [-0.2, 0) is 14.4 Å². The Balaban J connectivity index is 0.00000107. The fourth-order valence-electron chi connectivity index (χ4n) is 9.65. The van der Waals surface area contributed by atoms with Gasteiger partial charge in [-0.3, -0.25) is 29.4 Å². The molecule has 0 aliphatic carbocycles. The van der Waals surface area contributed by atoms with Gasteiger partial charge in [0.05, 0.1) is 22.8 Å². The Kier molecular flexibility index (Phi) is 43.3. The molecule has 3 unspecified atom stereocenters. The number of nitrogens with two attached hydrogens (primary N) is 1. The topological polar surface area (TPSA) is 157 Å². The first-order valence-electron chi connectivity index (χ1n) is 31.7. The molecular weight excluding hydrogens is 1020 g/mol. The zero-order valence-electron chi connectivity index (χ0n) is 54.3. The number of piperidine rings is 2. The summed E-state index contributed by atoms with van der Waals surface area (Å²) >= 11 is 0. The molecule has 0 spiro atoms. The Hall–Kier alpha value is -5.86. The molecule has 11 heteroatoms. The molecule has 3 heterocycles. The van der Waals surface area contributed by atoms with Crippen LogP contribution in [0.1, 0.15) is 254 Å². The number of fused-ring (bicyclic) bond motifs is 1. The second kappa shape index (κ2) is 46.6. The van der Waals surface area contributed by atoms with Crippen LogP contribution in [0, 0.1) is 49.9 Å². The first-order chi connectivity index (χ1) is 39.4. The van der Waals surface area contributed by atoms with Crippen molar-refractivity contribution in [2.24, 2.45) is 23.5 Å². The van der Waals surface area contributed by atoms with Gasteiger partial charge in [0.15, 0.2) is 0 Å². The van der Waals surface area contributed by atoms with Crippen molar-refractivity contribution in [2.75, 3.05) is 32.7 Å². The highest BCUT2D eigenvalue weighted by molar-refractivity contribution is 6.23.